The first-order valence-electron chi connectivity index (χ1n) is 12.4. The Hall–Kier alpha value is -1.88. The van der Waals surface area contributed by atoms with Gasteiger partial charge in [0, 0.05) is 37.5 Å². The minimum Gasteiger partial charge on any atom is -0.355 e. The largest absolute Gasteiger partial charge is 0.355 e. The van der Waals surface area contributed by atoms with Crippen molar-refractivity contribution in [3.8, 4) is 0 Å². The van der Waals surface area contributed by atoms with Crippen molar-refractivity contribution in [2.75, 3.05) is 19.6 Å². The van der Waals surface area contributed by atoms with Crippen molar-refractivity contribution in [3.05, 3.63) is 35.9 Å². The Morgan fingerprint density at radius 2 is 1.68 bits per heavy atom. The van der Waals surface area contributed by atoms with E-state index in [2.05, 4.69) is 39.8 Å². The fourth-order valence-electron chi connectivity index (χ4n) is 7.32. The van der Waals surface area contributed by atoms with Gasteiger partial charge in [-0.3, -0.25) is 14.5 Å². The van der Waals surface area contributed by atoms with Crippen LogP contribution in [0.15, 0.2) is 30.3 Å². The molecule has 1 aromatic rings. The standard InChI is InChI=1S/C26H37N3O2/c30-24(28-23-7-4-10-29(18-23)17-19-5-2-1-3-6-19)8-9-27-25(31)26-14-20-11-21(15-26)13-22(12-20)16-26/h1-3,5-6,20-23H,4,7-18H2,(H,27,31)(H,28,30). The molecule has 5 fully saturated rings. The molecule has 1 aromatic carbocycles. The highest BCUT2D eigenvalue weighted by Gasteiger charge is 2.54. The van der Waals surface area contributed by atoms with Crippen LogP contribution in [0.1, 0.15) is 63.4 Å². The fourth-order valence-corrected chi connectivity index (χ4v) is 7.32. The minimum atomic E-state index is -0.119. The summed E-state index contributed by atoms with van der Waals surface area (Å²) in [5.41, 5.74) is 1.20. The number of likely N-dealkylation sites (tertiary alicyclic amines) is 1. The van der Waals surface area contributed by atoms with E-state index < -0.39 is 0 Å². The molecule has 1 saturated heterocycles. The highest BCUT2D eigenvalue weighted by Crippen LogP contribution is 2.60. The van der Waals surface area contributed by atoms with Gasteiger partial charge in [0.05, 0.1) is 0 Å². The van der Waals surface area contributed by atoms with Crippen LogP contribution in [0.2, 0.25) is 0 Å². The summed E-state index contributed by atoms with van der Waals surface area (Å²) in [6.07, 6.45) is 9.81. The SMILES string of the molecule is O=C(CCNC(=O)C12CC3CC(CC(C3)C1)C2)NC1CCCN(Cc2ccccc2)C1. The van der Waals surface area contributed by atoms with Crippen molar-refractivity contribution in [1.82, 2.24) is 15.5 Å². The first-order valence-corrected chi connectivity index (χ1v) is 12.4. The molecular weight excluding hydrogens is 386 g/mol. The number of piperidine rings is 1. The van der Waals surface area contributed by atoms with Crippen molar-refractivity contribution in [2.24, 2.45) is 23.2 Å². The quantitative estimate of drug-likeness (QED) is 0.706. The number of nitrogens with zero attached hydrogens (tertiary/aromatic N) is 1. The fraction of sp³-hybridized carbons (Fsp3) is 0.692. The molecule has 6 rings (SSSR count). The third-order valence-electron chi connectivity index (χ3n) is 8.28. The van der Waals surface area contributed by atoms with E-state index in [4.69, 9.17) is 0 Å². The second kappa shape index (κ2) is 8.93. The number of carbonyl (C=O) groups excluding carboxylic acids is 2. The number of carbonyl (C=O) groups is 2. The van der Waals surface area contributed by atoms with Crippen LogP contribution in [0.3, 0.4) is 0 Å². The summed E-state index contributed by atoms with van der Waals surface area (Å²) >= 11 is 0. The first-order chi connectivity index (χ1) is 15.1. The van der Waals surface area contributed by atoms with Crippen molar-refractivity contribution in [3.63, 3.8) is 0 Å². The maximum absolute atomic E-state index is 13.0. The van der Waals surface area contributed by atoms with E-state index in [9.17, 15) is 9.59 Å². The van der Waals surface area contributed by atoms with E-state index in [0.717, 1.165) is 69.5 Å². The Balaban J connectivity index is 1.05. The topological polar surface area (TPSA) is 61.4 Å². The average Bonchev–Trinajstić information content (AvgIpc) is 2.74. The van der Waals surface area contributed by atoms with Gasteiger partial charge in [0.25, 0.3) is 0 Å². The number of nitrogens with one attached hydrogen (secondary N) is 2. The minimum absolute atomic E-state index is 0.0670. The van der Waals surface area contributed by atoms with Crippen molar-refractivity contribution in [2.45, 2.75) is 70.4 Å². The predicted molar refractivity (Wildman–Crippen MR) is 121 cm³/mol. The zero-order valence-corrected chi connectivity index (χ0v) is 18.7. The van der Waals surface area contributed by atoms with E-state index in [0.29, 0.717) is 13.0 Å². The van der Waals surface area contributed by atoms with Crippen LogP contribution in [-0.4, -0.2) is 42.4 Å². The third-order valence-corrected chi connectivity index (χ3v) is 8.28. The zero-order chi connectivity index (χ0) is 21.3. The molecule has 5 aliphatic rings. The summed E-state index contributed by atoms with van der Waals surface area (Å²) in [5.74, 6) is 2.60. The van der Waals surface area contributed by atoms with Crippen molar-refractivity contribution in [1.29, 1.82) is 0 Å². The van der Waals surface area contributed by atoms with Crippen LogP contribution in [-0.2, 0) is 16.1 Å². The van der Waals surface area contributed by atoms with E-state index in [1.165, 1.54) is 24.8 Å². The van der Waals surface area contributed by atoms with Gasteiger partial charge in [-0.25, -0.2) is 0 Å². The highest BCUT2D eigenvalue weighted by molar-refractivity contribution is 5.84. The van der Waals surface area contributed by atoms with Gasteiger partial charge in [0.15, 0.2) is 0 Å². The van der Waals surface area contributed by atoms with Crippen LogP contribution in [0, 0.1) is 23.2 Å². The third kappa shape index (κ3) is 4.82. The second-order valence-electron chi connectivity index (χ2n) is 10.8. The molecule has 2 amide bonds. The molecule has 0 radical (unpaired) electrons. The monoisotopic (exact) mass is 423 g/mol. The molecule has 0 aromatic heterocycles. The molecule has 1 heterocycles. The Kier molecular flexibility index (Phi) is 6.05. The summed E-state index contributed by atoms with van der Waals surface area (Å²) in [7, 11) is 0. The average molecular weight is 424 g/mol. The lowest BCUT2D eigenvalue weighted by molar-refractivity contribution is -0.146. The molecular formula is C26H37N3O2. The number of rotatable bonds is 7. The molecule has 1 atom stereocenters. The van der Waals surface area contributed by atoms with Crippen LogP contribution >= 0.6 is 0 Å². The summed E-state index contributed by atoms with van der Waals surface area (Å²) in [5, 5.41) is 6.35. The maximum atomic E-state index is 13.0. The van der Waals surface area contributed by atoms with E-state index in [1.54, 1.807) is 0 Å². The van der Waals surface area contributed by atoms with Crippen LogP contribution in [0.4, 0.5) is 0 Å². The van der Waals surface area contributed by atoms with Gasteiger partial charge in [-0.05, 0) is 81.2 Å². The Labute approximate surface area is 186 Å². The van der Waals surface area contributed by atoms with Gasteiger partial charge >= 0.3 is 0 Å². The summed E-state index contributed by atoms with van der Waals surface area (Å²) in [4.78, 5) is 28.0. The van der Waals surface area contributed by atoms with Gasteiger partial charge in [0.2, 0.25) is 11.8 Å². The van der Waals surface area contributed by atoms with Crippen LogP contribution < -0.4 is 10.6 Å². The highest BCUT2D eigenvalue weighted by atomic mass is 16.2. The smallest absolute Gasteiger partial charge is 0.226 e. The van der Waals surface area contributed by atoms with E-state index >= 15 is 0 Å². The zero-order valence-electron chi connectivity index (χ0n) is 18.7. The van der Waals surface area contributed by atoms with Gasteiger partial charge in [-0.15, -0.1) is 0 Å². The van der Waals surface area contributed by atoms with E-state index in [-0.39, 0.29) is 23.3 Å². The lowest BCUT2D eigenvalue weighted by Gasteiger charge is -2.55. The van der Waals surface area contributed by atoms with Crippen LogP contribution in [0.5, 0.6) is 0 Å². The Morgan fingerprint density at radius 1 is 1.00 bits per heavy atom. The Morgan fingerprint density at radius 3 is 2.35 bits per heavy atom. The molecule has 4 saturated carbocycles. The second-order valence-corrected chi connectivity index (χ2v) is 10.8. The molecule has 31 heavy (non-hydrogen) atoms. The molecule has 168 valence electrons. The van der Waals surface area contributed by atoms with Crippen molar-refractivity contribution >= 4 is 11.8 Å². The molecule has 2 N–H and O–H groups in total. The number of hydrogen-bond acceptors (Lipinski definition) is 3. The summed E-state index contributed by atoms with van der Waals surface area (Å²) in [6, 6.07) is 10.7. The molecule has 4 bridgehead atoms. The van der Waals surface area contributed by atoms with Gasteiger partial charge in [0.1, 0.15) is 0 Å². The lowest BCUT2D eigenvalue weighted by Crippen LogP contribution is -2.54. The molecule has 0 spiro atoms. The maximum Gasteiger partial charge on any atom is 0.226 e. The van der Waals surface area contributed by atoms with Crippen molar-refractivity contribution < 1.29 is 9.59 Å². The number of amides is 2. The van der Waals surface area contributed by atoms with Gasteiger partial charge in [-0.2, -0.15) is 0 Å². The van der Waals surface area contributed by atoms with E-state index in [1.807, 2.05) is 6.07 Å². The number of hydrogen-bond donors (Lipinski definition) is 2. The molecule has 4 aliphatic carbocycles. The Bertz CT molecular complexity index is 758. The number of benzene rings is 1. The molecule has 1 unspecified atom stereocenters. The van der Waals surface area contributed by atoms with Gasteiger partial charge < -0.3 is 10.6 Å². The molecule has 1 aliphatic heterocycles. The summed E-state index contributed by atoms with van der Waals surface area (Å²) < 4.78 is 0. The lowest BCUT2D eigenvalue weighted by atomic mass is 9.49. The predicted octanol–water partition coefficient (Wildman–Crippen LogP) is 3.49. The normalized spacial score (nSPS) is 34.5. The summed E-state index contributed by atoms with van der Waals surface area (Å²) in [6.45, 7) is 3.39. The first kappa shape index (κ1) is 21.0. The van der Waals surface area contributed by atoms with Crippen LogP contribution in [0.25, 0.3) is 0 Å². The molecule has 5 nitrogen and oxygen atoms in total. The molecule has 5 heteroatoms. The van der Waals surface area contributed by atoms with Gasteiger partial charge in [-0.1, -0.05) is 30.3 Å².